The van der Waals surface area contributed by atoms with Gasteiger partial charge in [-0.3, -0.25) is 5.10 Å². The highest BCUT2D eigenvalue weighted by atomic mass is 15.1. The van der Waals surface area contributed by atoms with Gasteiger partial charge in [-0.25, -0.2) is 0 Å². The van der Waals surface area contributed by atoms with Crippen molar-refractivity contribution in [1.29, 1.82) is 0 Å². The third-order valence-electron chi connectivity index (χ3n) is 0.406. The van der Waals surface area contributed by atoms with E-state index in [0.29, 0.717) is 5.41 Å². The lowest BCUT2D eigenvalue weighted by Crippen LogP contribution is -1.93. The lowest BCUT2D eigenvalue weighted by molar-refractivity contribution is 0.469. The quantitative estimate of drug-likeness (QED) is 0.622. The van der Waals surface area contributed by atoms with Gasteiger partial charge in [-0.05, 0) is 11.5 Å². The molecule has 0 aliphatic rings. The Hall–Kier alpha value is -0.790. The summed E-state index contributed by atoms with van der Waals surface area (Å²) in [6, 6.07) is 1.83. The van der Waals surface area contributed by atoms with E-state index in [1.165, 1.54) is 0 Å². The Bertz CT molecular complexity index is 115. The number of aromatic amines is 1. The SMILES string of the molecule is CC.CC.CC.CC(C)(C)C.c1cn[nH]c1. The molecule has 0 atom stereocenters. The van der Waals surface area contributed by atoms with Crippen LogP contribution in [-0.2, 0) is 0 Å². The molecule has 1 heterocycles. The van der Waals surface area contributed by atoms with Crippen molar-refractivity contribution in [2.24, 2.45) is 5.41 Å². The Morgan fingerprint density at radius 1 is 0.812 bits per heavy atom. The van der Waals surface area contributed by atoms with Gasteiger partial charge in [0.05, 0.1) is 0 Å². The predicted molar refractivity (Wildman–Crippen MR) is 77.8 cm³/mol. The first-order valence-electron chi connectivity index (χ1n) is 6.44. The van der Waals surface area contributed by atoms with Crippen LogP contribution in [0.1, 0.15) is 69.2 Å². The standard InChI is InChI=1S/C5H12.C3H4N2.3C2H6/c1-5(2,3)4;1-2-4-5-3-1;3*1-2/h1-4H3;1-3H,(H,4,5);3*1-2H3. The number of nitrogens with zero attached hydrogens (tertiary/aromatic N) is 1. The molecular weight excluding hydrogens is 196 g/mol. The summed E-state index contributed by atoms with van der Waals surface area (Å²) in [4.78, 5) is 0. The molecule has 0 aromatic carbocycles. The molecule has 2 nitrogen and oxygen atoms in total. The zero-order chi connectivity index (χ0) is 14.0. The van der Waals surface area contributed by atoms with Crippen LogP contribution in [0.15, 0.2) is 18.5 Å². The molecule has 0 aliphatic heterocycles. The molecule has 1 N–H and O–H groups in total. The molecule has 0 radical (unpaired) electrons. The van der Waals surface area contributed by atoms with Gasteiger partial charge in [-0.1, -0.05) is 69.2 Å². The van der Waals surface area contributed by atoms with E-state index >= 15 is 0 Å². The summed E-state index contributed by atoms with van der Waals surface area (Å²) in [5.41, 5.74) is 0.500. The third kappa shape index (κ3) is 111. The second kappa shape index (κ2) is 23.8. The fourth-order valence-corrected chi connectivity index (χ4v) is 0.215. The van der Waals surface area contributed by atoms with Crippen LogP contribution in [0, 0.1) is 5.41 Å². The van der Waals surface area contributed by atoms with Gasteiger partial charge in [0.25, 0.3) is 0 Å². The molecule has 0 spiro atoms. The molecule has 0 bridgehead atoms. The van der Waals surface area contributed by atoms with Gasteiger partial charge >= 0.3 is 0 Å². The van der Waals surface area contributed by atoms with Crippen molar-refractivity contribution in [3.63, 3.8) is 0 Å². The number of nitrogens with one attached hydrogen (secondary N) is 1. The smallest absolute Gasteiger partial charge is 0.0487 e. The van der Waals surface area contributed by atoms with Crippen LogP contribution in [0.2, 0.25) is 0 Å². The Balaban J connectivity index is -0.0000000619. The van der Waals surface area contributed by atoms with E-state index in [4.69, 9.17) is 0 Å². The summed E-state index contributed by atoms with van der Waals surface area (Å²) in [6.07, 6.45) is 3.46. The van der Waals surface area contributed by atoms with E-state index in [-0.39, 0.29) is 0 Å². The Kier molecular flexibility index (Phi) is 36.3. The molecule has 0 amide bonds. The summed E-state index contributed by atoms with van der Waals surface area (Å²) < 4.78 is 0. The normalized spacial score (nSPS) is 7.38. The molecule has 2 heteroatoms. The average molecular weight is 230 g/mol. The number of H-pyrrole nitrogens is 1. The monoisotopic (exact) mass is 230 g/mol. The summed E-state index contributed by atoms with van der Waals surface area (Å²) in [5, 5.41) is 6.21. The van der Waals surface area contributed by atoms with E-state index in [0.717, 1.165) is 0 Å². The van der Waals surface area contributed by atoms with Crippen molar-refractivity contribution in [1.82, 2.24) is 10.2 Å². The largest absolute Gasteiger partial charge is 0.286 e. The van der Waals surface area contributed by atoms with Crippen molar-refractivity contribution < 1.29 is 0 Å². The van der Waals surface area contributed by atoms with E-state index in [9.17, 15) is 0 Å². The Morgan fingerprint density at radius 2 is 1.12 bits per heavy atom. The molecule has 16 heavy (non-hydrogen) atoms. The summed E-state index contributed by atoms with van der Waals surface area (Å²) in [7, 11) is 0. The highest BCUT2D eigenvalue weighted by molar-refractivity contribution is 4.72. The number of aromatic nitrogens is 2. The second-order valence-electron chi connectivity index (χ2n) is 3.77. The van der Waals surface area contributed by atoms with Gasteiger partial charge < -0.3 is 0 Å². The van der Waals surface area contributed by atoms with Crippen LogP contribution in [-0.4, -0.2) is 10.2 Å². The summed E-state index contributed by atoms with van der Waals surface area (Å²) >= 11 is 0. The van der Waals surface area contributed by atoms with Gasteiger partial charge in [0.1, 0.15) is 0 Å². The molecule has 0 unspecified atom stereocenters. The average Bonchev–Trinajstić information content (AvgIpc) is 2.82. The van der Waals surface area contributed by atoms with Gasteiger partial charge in [0.2, 0.25) is 0 Å². The number of hydrogen-bond donors (Lipinski definition) is 1. The summed E-state index contributed by atoms with van der Waals surface area (Å²) in [5.74, 6) is 0. The first-order valence-corrected chi connectivity index (χ1v) is 6.44. The van der Waals surface area contributed by atoms with E-state index in [1.807, 2.05) is 47.6 Å². The molecular formula is C14H34N2. The van der Waals surface area contributed by atoms with Crippen LogP contribution >= 0.6 is 0 Å². The van der Waals surface area contributed by atoms with Crippen LogP contribution in [0.3, 0.4) is 0 Å². The highest BCUT2D eigenvalue weighted by Crippen LogP contribution is 2.07. The molecule has 1 aromatic heterocycles. The maximum absolute atomic E-state index is 3.60. The van der Waals surface area contributed by atoms with Crippen LogP contribution in [0.5, 0.6) is 0 Å². The fraction of sp³-hybridized carbons (Fsp3) is 0.786. The van der Waals surface area contributed by atoms with Crippen molar-refractivity contribution in [3.05, 3.63) is 18.5 Å². The lowest BCUT2D eigenvalue weighted by Gasteiger charge is -2.05. The molecule has 100 valence electrons. The van der Waals surface area contributed by atoms with E-state index in [2.05, 4.69) is 37.9 Å². The van der Waals surface area contributed by atoms with Crippen molar-refractivity contribution in [2.75, 3.05) is 0 Å². The Morgan fingerprint density at radius 3 is 1.19 bits per heavy atom. The van der Waals surface area contributed by atoms with Crippen LogP contribution < -0.4 is 0 Å². The lowest BCUT2D eigenvalue weighted by atomic mass is 10.0. The minimum atomic E-state index is 0.500. The third-order valence-corrected chi connectivity index (χ3v) is 0.406. The van der Waals surface area contributed by atoms with Gasteiger partial charge in [0.15, 0.2) is 0 Å². The van der Waals surface area contributed by atoms with Gasteiger partial charge in [0, 0.05) is 12.4 Å². The number of hydrogen-bond acceptors (Lipinski definition) is 1. The second-order valence-corrected chi connectivity index (χ2v) is 3.77. The maximum Gasteiger partial charge on any atom is 0.0487 e. The zero-order valence-corrected chi connectivity index (χ0v) is 13.2. The van der Waals surface area contributed by atoms with Crippen molar-refractivity contribution in [3.8, 4) is 0 Å². The minimum Gasteiger partial charge on any atom is -0.286 e. The van der Waals surface area contributed by atoms with Gasteiger partial charge in [-0.2, -0.15) is 5.10 Å². The molecule has 0 saturated heterocycles. The topological polar surface area (TPSA) is 28.7 Å². The van der Waals surface area contributed by atoms with Crippen molar-refractivity contribution in [2.45, 2.75) is 69.2 Å². The van der Waals surface area contributed by atoms with Crippen molar-refractivity contribution >= 4 is 0 Å². The number of rotatable bonds is 0. The Labute approximate surface area is 104 Å². The molecule has 0 saturated carbocycles. The first kappa shape index (κ1) is 24.4. The van der Waals surface area contributed by atoms with E-state index in [1.54, 1.807) is 12.4 Å². The van der Waals surface area contributed by atoms with Crippen LogP contribution in [0.25, 0.3) is 0 Å². The molecule has 1 rings (SSSR count). The zero-order valence-electron chi connectivity index (χ0n) is 13.2. The fourth-order valence-electron chi connectivity index (χ4n) is 0.215. The predicted octanol–water partition coefficient (Wildman–Crippen LogP) is 5.54. The van der Waals surface area contributed by atoms with E-state index < -0.39 is 0 Å². The van der Waals surface area contributed by atoms with Gasteiger partial charge in [-0.15, -0.1) is 0 Å². The minimum absolute atomic E-state index is 0.500. The maximum atomic E-state index is 3.60. The summed E-state index contributed by atoms with van der Waals surface area (Å²) in [6.45, 7) is 20.8. The highest BCUT2D eigenvalue weighted by Gasteiger charge is 1.95. The molecule has 1 aromatic rings. The first-order chi connectivity index (χ1) is 7.50. The van der Waals surface area contributed by atoms with Crippen LogP contribution in [0.4, 0.5) is 0 Å². The molecule has 0 aliphatic carbocycles. The molecule has 0 fully saturated rings.